The van der Waals surface area contributed by atoms with Crippen LogP contribution in [0.2, 0.25) is 0 Å². The van der Waals surface area contributed by atoms with Crippen molar-refractivity contribution in [2.75, 3.05) is 18.2 Å². The maximum absolute atomic E-state index is 13.7. The van der Waals surface area contributed by atoms with Gasteiger partial charge < -0.3 is 20.2 Å². The van der Waals surface area contributed by atoms with Crippen molar-refractivity contribution in [2.24, 2.45) is 5.16 Å². The second-order valence-electron chi connectivity index (χ2n) is 8.97. The highest BCUT2D eigenvalue weighted by molar-refractivity contribution is 8.00. The van der Waals surface area contributed by atoms with Crippen LogP contribution in [0.25, 0.3) is 0 Å². The van der Waals surface area contributed by atoms with E-state index in [1.807, 2.05) is 60.7 Å². The number of fused-ring (bicyclic) bond motifs is 1. The van der Waals surface area contributed by atoms with Crippen molar-refractivity contribution >= 4 is 58.1 Å². The maximum Gasteiger partial charge on any atom is 0.356 e. The van der Waals surface area contributed by atoms with Crippen molar-refractivity contribution in [1.82, 2.24) is 15.2 Å². The molecule has 2 aliphatic heterocycles. The molecule has 0 aliphatic carbocycles. The first kappa shape index (κ1) is 28.8. The molecule has 3 aromatic rings. The largest absolute Gasteiger partial charge is 0.448 e. The van der Waals surface area contributed by atoms with Gasteiger partial charge in [0.15, 0.2) is 16.9 Å². The fraction of sp³-hybridized carbons (Fsp3) is 0.172. The van der Waals surface area contributed by atoms with E-state index in [2.05, 4.69) is 27.4 Å². The Morgan fingerprint density at radius 3 is 2.40 bits per heavy atom. The third-order valence-corrected chi connectivity index (χ3v) is 8.56. The number of allylic oxidation sites excluding steroid dienone is 1. The number of carbonyl (C=O) groups is 4. The van der Waals surface area contributed by atoms with Gasteiger partial charge in [0.1, 0.15) is 29.9 Å². The van der Waals surface area contributed by atoms with Gasteiger partial charge in [0.05, 0.1) is 0 Å². The minimum absolute atomic E-state index is 0.0935. The van der Waals surface area contributed by atoms with Crippen LogP contribution in [-0.4, -0.2) is 64.1 Å². The maximum atomic E-state index is 13.7. The Hall–Kier alpha value is -4.75. The molecule has 3 amide bonds. The van der Waals surface area contributed by atoms with E-state index in [1.165, 1.54) is 35.2 Å². The zero-order valence-corrected chi connectivity index (χ0v) is 23.9. The van der Waals surface area contributed by atoms with Gasteiger partial charge >= 0.3 is 5.97 Å². The molecule has 1 saturated heterocycles. The third kappa shape index (κ3) is 5.69. The first-order chi connectivity index (χ1) is 20.5. The Bertz CT molecular complexity index is 1530. The van der Waals surface area contributed by atoms with Crippen molar-refractivity contribution in [3.8, 4) is 0 Å². The molecule has 1 fully saturated rings. The molecule has 2 aromatic carbocycles. The van der Waals surface area contributed by atoms with E-state index >= 15 is 0 Å². The smallest absolute Gasteiger partial charge is 0.356 e. The van der Waals surface area contributed by atoms with Crippen LogP contribution in [0.1, 0.15) is 22.9 Å². The summed E-state index contributed by atoms with van der Waals surface area (Å²) in [6.07, 6.45) is 1.30. The van der Waals surface area contributed by atoms with E-state index in [4.69, 9.17) is 9.57 Å². The summed E-state index contributed by atoms with van der Waals surface area (Å²) in [5, 5.41) is 10.1. The van der Waals surface area contributed by atoms with E-state index in [0.717, 1.165) is 22.5 Å². The molecule has 42 heavy (non-hydrogen) atoms. The fourth-order valence-electron chi connectivity index (χ4n) is 4.54. The van der Waals surface area contributed by atoms with Crippen molar-refractivity contribution in [3.63, 3.8) is 0 Å². The minimum atomic E-state index is -0.941. The number of thioether (sulfide) groups is 1. The topological polar surface area (TPSA) is 139 Å². The average Bonchev–Trinajstić information content (AvgIpc) is 3.49. The third-order valence-electron chi connectivity index (χ3n) is 6.48. The van der Waals surface area contributed by atoms with Gasteiger partial charge in [-0.2, -0.15) is 0 Å². The molecule has 13 heteroatoms. The number of hydrogen-bond acceptors (Lipinski definition) is 10. The number of carbonyl (C=O) groups excluding carboxylic acids is 4. The molecule has 0 spiro atoms. The molecule has 2 aliphatic rings. The van der Waals surface area contributed by atoms with Crippen molar-refractivity contribution in [2.45, 2.75) is 17.5 Å². The van der Waals surface area contributed by atoms with Crippen LogP contribution in [0.3, 0.4) is 0 Å². The summed E-state index contributed by atoms with van der Waals surface area (Å²) < 4.78 is 6.05. The predicted octanol–water partition coefficient (Wildman–Crippen LogP) is 3.23. The second kappa shape index (κ2) is 12.8. The highest BCUT2D eigenvalue weighted by Crippen LogP contribution is 2.42. The van der Waals surface area contributed by atoms with E-state index < -0.39 is 35.3 Å². The number of benzene rings is 2. The van der Waals surface area contributed by atoms with Gasteiger partial charge in [-0.3, -0.25) is 19.3 Å². The molecule has 0 bridgehead atoms. The molecule has 0 radical (unpaired) electrons. The number of rotatable bonds is 11. The molecule has 2 atom stereocenters. The molecule has 1 aromatic heterocycles. The van der Waals surface area contributed by atoms with Crippen LogP contribution in [0.15, 0.2) is 95.1 Å². The molecule has 2 N–H and O–H groups in total. The zero-order valence-electron chi connectivity index (χ0n) is 22.3. The number of anilines is 1. The molecule has 1 unspecified atom stereocenters. The van der Waals surface area contributed by atoms with Crippen LogP contribution >= 0.6 is 23.1 Å². The molecule has 5 rings (SSSR count). The quantitative estimate of drug-likeness (QED) is 0.112. The van der Waals surface area contributed by atoms with Gasteiger partial charge in [-0.25, -0.2) is 9.78 Å². The van der Waals surface area contributed by atoms with E-state index in [9.17, 15) is 19.2 Å². The number of hydrogen-bond donors (Lipinski definition) is 2. The lowest BCUT2D eigenvalue weighted by Crippen LogP contribution is -2.71. The summed E-state index contributed by atoms with van der Waals surface area (Å²) in [5.41, 5.74) is 2.19. The lowest BCUT2D eigenvalue weighted by molar-refractivity contribution is -0.154. The summed E-state index contributed by atoms with van der Waals surface area (Å²) in [4.78, 5) is 61.4. The van der Waals surface area contributed by atoms with E-state index in [1.54, 1.807) is 0 Å². The van der Waals surface area contributed by atoms with Gasteiger partial charge in [-0.05, 0) is 16.7 Å². The van der Waals surface area contributed by atoms with Crippen LogP contribution < -0.4 is 10.6 Å². The van der Waals surface area contributed by atoms with Crippen LogP contribution in [0, 0.1) is 0 Å². The fourth-order valence-corrected chi connectivity index (χ4v) is 6.54. The molecular formula is C29H25N5O6S2. The molecular weight excluding hydrogens is 578 g/mol. The van der Waals surface area contributed by atoms with Crippen LogP contribution in [0.4, 0.5) is 5.13 Å². The number of nitrogens with zero attached hydrogens (tertiary/aromatic N) is 3. The van der Waals surface area contributed by atoms with Gasteiger partial charge in [-0.15, -0.1) is 23.1 Å². The molecule has 11 nitrogen and oxygen atoms in total. The van der Waals surface area contributed by atoms with Crippen LogP contribution in [0.5, 0.6) is 0 Å². The Kier molecular flexibility index (Phi) is 8.79. The summed E-state index contributed by atoms with van der Waals surface area (Å²) >= 11 is 2.48. The summed E-state index contributed by atoms with van der Waals surface area (Å²) in [7, 11) is 1.27. The monoisotopic (exact) mass is 603 g/mol. The Morgan fingerprint density at radius 2 is 1.81 bits per heavy atom. The number of esters is 1. The first-order valence-corrected chi connectivity index (χ1v) is 14.6. The summed E-state index contributed by atoms with van der Waals surface area (Å²) in [6.45, 7) is 3.83. The Balaban J connectivity index is 1.36. The Morgan fingerprint density at radius 1 is 1.14 bits per heavy atom. The van der Waals surface area contributed by atoms with Crippen molar-refractivity contribution in [3.05, 3.63) is 107 Å². The highest BCUT2D eigenvalue weighted by atomic mass is 32.2. The van der Waals surface area contributed by atoms with Gasteiger partial charge in [0.25, 0.3) is 11.8 Å². The molecule has 214 valence electrons. The number of β-lactam (4-membered cyclic amide) rings is 1. The van der Waals surface area contributed by atoms with Gasteiger partial charge in [0.2, 0.25) is 6.41 Å². The summed E-state index contributed by atoms with van der Waals surface area (Å²) in [6, 6.07) is 17.7. The average molecular weight is 604 g/mol. The van der Waals surface area contributed by atoms with Crippen molar-refractivity contribution in [1.29, 1.82) is 0 Å². The lowest BCUT2D eigenvalue weighted by Gasteiger charge is -2.49. The summed E-state index contributed by atoms with van der Waals surface area (Å²) in [5.74, 6) is -1.48. The van der Waals surface area contributed by atoms with E-state index in [-0.39, 0.29) is 22.2 Å². The van der Waals surface area contributed by atoms with Crippen molar-refractivity contribution < 1.29 is 28.8 Å². The second-order valence-corrected chi connectivity index (χ2v) is 10.9. The first-order valence-electron chi connectivity index (χ1n) is 12.7. The number of nitrogens with one attached hydrogen (secondary N) is 2. The highest BCUT2D eigenvalue weighted by Gasteiger charge is 2.54. The zero-order chi connectivity index (χ0) is 29.6. The standard InChI is InChI=1S/C29H25N5O6S2/c1-3-17-14-41-27-22(32-25(36)21(33-39-2)20-15-42-29(31-20)30-16-35)26(37)34(27)23(17)28(38)40-24(18-10-6-4-7-11-18)19-12-8-5-9-13-19/h3-13,15-16,22,24,27H,1,14H2,2H3,(H,32,36)(H,30,31,35)/t22?,27-/m0/s1. The van der Waals surface area contributed by atoms with E-state index in [0.29, 0.717) is 17.7 Å². The van der Waals surface area contributed by atoms with Crippen LogP contribution in [-0.2, 0) is 28.8 Å². The predicted molar refractivity (Wildman–Crippen MR) is 158 cm³/mol. The number of amides is 3. The number of aromatic nitrogens is 1. The number of ether oxygens (including phenoxy) is 1. The number of oxime groups is 1. The SMILES string of the molecule is C=CC1=C(C(=O)OC(c2ccccc2)c2ccccc2)N2C(=O)C(NC(=O)C(=NOC)c3csc(NC=O)n3)[C@@H]2SC1. The molecule has 0 saturated carbocycles. The lowest BCUT2D eigenvalue weighted by atomic mass is 10.0. The normalized spacial score (nSPS) is 18.1. The molecule has 3 heterocycles. The van der Waals surface area contributed by atoms with Gasteiger partial charge in [-0.1, -0.05) is 78.5 Å². The van der Waals surface area contributed by atoms with Gasteiger partial charge in [0, 0.05) is 11.1 Å². The number of thiazole rings is 1. The Labute approximate surface area is 249 Å². The minimum Gasteiger partial charge on any atom is -0.448 e.